The largest absolute Gasteiger partial charge is 0.478 e. The number of hydrogen-bond acceptors (Lipinski definition) is 3. The Bertz CT molecular complexity index is 622. The molecule has 6 heteroatoms. The van der Waals surface area contributed by atoms with Crippen LogP contribution < -0.4 is 5.32 Å². The predicted molar refractivity (Wildman–Crippen MR) is 79.6 cm³/mol. The van der Waals surface area contributed by atoms with Crippen molar-refractivity contribution in [2.45, 2.75) is 13.5 Å². The molecule has 2 N–H and O–H groups in total. The summed E-state index contributed by atoms with van der Waals surface area (Å²) in [5.41, 5.74) is 1.11. The molecular weight excluding hydrogens is 378 g/mol. The van der Waals surface area contributed by atoms with Crippen molar-refractivity contribution in [3.05, 3.63) is 50.3 Å². The highest BCUT2D eigenvalue weighted by Gasteiger charge is 2.13. The number of halogens is 2. The lowest BCUT2D eigenvalue weighted by molar-refractivity contribution is 0.0695. The average molecular weight is 389 g/mol. The van der Waals surface area contributed by atoms with Crippen molar-refractivity contribution in [2.75, 3.05) is 5.32 Å². The Morgan fingerprint density at radius 2 is 2.11 bits per heavy atom. The summed E-state index contributed by atoms with van der Waals surface area (Å²) in [6, 6.07) is 7.31. The standard InChI is InChI=1S/C13H11Br2NO3/c1-7-10(13(17)18)5-9(19-7)6-16-12-3-2-8(14)4-11(12)15/h2-5,16H,6H2,1H3,(H,17,18). The first-order chi connectivity index (χ1) is 8.97. The summed E-state index contributed by atoms with van der Waals surface area (Å²) >= 11 is 6.83. The maximum absolute atomic E-state index is 10.9. The summed E-state index contributed by atoms with van der Waals surface area (Å²) in [6.45, 7) is 2.07. The summed E-state index contributed by atoms with van der Waals surface area (Å²) in [7, 11) is 0. The van der Waals surface area contributed by atoms with E-state index in [1.54, 1.807) is 6.92 Å². The minimum Gasteiger partial charge on any atom is -0.478 e. The number of furan rings is 1. The van der Waals surface area contributed by atoms with E-state index in [1.165, 1.54) is 6.07 Å². The summed E-state index contributed by atoms with van der Waals surface area (Å²) in [4.78, 5) is 10.9. The van der Waals surface area contributed by atoms with E-state index in [1.807, 2.05) is 18.2 Å². The molecule has 2 aromatic rings. The molecule has 1 heterocycles. The molecule has 0 saturated carbocycles. The number of carboxylic acids is 1. The number of rotatable bonds is 4. The molecule has 0 radical (unpaired) electrons. The summed E-state index contributed by atoms with van der Waals surface area (Å²) < 4.78 is 7.29. The van der Waals surface area contributed by atoms with Gasteiger partial charge in [0.2, 0.25) is 0 Å². The second kappa shape index (κ2) is 5.79. The van der Waals surface area contributed by atoms with Crippen molar-refractivity contribution < 1.29 is 14.3 Å². The van der Waals surface area contributed by atoms with Crippen LogP contribution in [0.4, 0.5) is 5.69 Å². The first kappa shape index (κ1) is 14.1. The summed E-state index contributed by atoms with van der Waals surface area (Å²) in [5, 5.41) is 12.1. The molecule has 0 fully saturated rings. The smallest absolute Gasteiger partial charge is 0.339 e. The van der Waals surface area contributed by atoms with Crippen molar-refractivity contribution in [1.29, 1.82) is 0 Å². The molecule has 0 aliphatic rings. The maximum Gasteiger partial charge on any atom is 0.339 e. The van der Waals surface area contributed by atoms with Gasteiger partial charge in [-0.05, 0) is 47.1 Å². The van der Waals surface area contributed by atoms with Gasteiger partial charge in [0.1, 0.15) is 17.1 Å². The van der Waals surface area contributed by atoms with Crippen LogP contribution in [0.15, 0.2) is 37.6 Å². The molecule has 0 aliphatic carbocycles. The molecule has 0 atom stereocenters. The fourth-order valence-electron chi connectivity index (χ4n) is 1.66. The van der Waals surface area contributed by atoms with Crippen LogP contribution in [0.3, 0.4) is 0 Å². The van der Waals surface area contributed by atoms with Gasteiger partial charge >= 0.3 is 5.97 Å². The van der Waals surface area contributed by atoms with E-state index in [0.29, 0.717) is 18.1 Å². The van der Waals surface area contributed by atoms with Gasteiger partial charge in [-0.2, -0.15) is 0 Å². The Labute approximate surface area is 127 Å². The number of anilines is 1. The number of nitrogens with one attached hydrogen (secondary N) is 1. The van der Waals surface area contributed by atoms with E-state index in [9.17, 15) is 4.79 Å². The number of carbonyl (C=O) groups is 1. The fraction of sp³-hybridized carbons (Fsp3) is 0.154. The zero-order valence-electron chi connectivity index (χ0n) is 10.0. The number of benzene rings is 1. The van der Waals surface area contributed by atoms with Crippen LogP contribution in [0.25, 0.3) is 0 Å². The SMILES string of the molecule is Cc1oc(CNc2ccc(Br)cc2Br)cc1C(=O)O. The molecule has 0 saturated heterocycles. The van der Waals surface area contributed by atoms with E-state index in [4.69, 9.17) is 9.52 Å². The van der Waals surface area contributed by atoms with Gasteiger partial charge in [-0.15, -0.1) is 0 Å². The Hall–Kier alpha value is -1.27. The van der Waals surface area contributed by atoms with Gasteiger partial charge in [-0.3, -0.25) is 0 Å². The number of hydrogen-bond donors (Lipinski definition) is 2. The molecule has 1 aromatic carbocycles. The highest BCUT2D eigenvalue weighted by atomic mass is 79.9. The van der Waals surface area contributed by atoms with E-state index in [-0.39, 0.29) is 5.56 Å². The Morgan fingerprint density at radius 1 is 1.37 bits per heavy atom. The third kappa shape index (κ3) is 3.39. The minimum atomic E-state index is -0.975. The Kier molecular flexibility index (Phi) is 4.31. The highest BCUT2D eigenvalue weighted by Crippen LogP contribution is 2.27. The van der Waals surface area contributed by atoms with Crippen LogP contribution in [-0.2, 0) is 6.54 Å². The van der Waals surface area contributed by atoms with Gasteiger partial charge in [0.15, 0.2) is 0 Å². The molecule has 0 aliphatic heterocycles. The first-order valence-electron chi connectivity index (χ1n) is 5.49. The second-order valence-corrected chi connectivity index (χ2v) is 5.74. The number of carboxylic acid groups (broad SMARTS) is 1. The van der Waals surface area contributed by atoms with Crippen molar-refractivity contribution >= 4 is 43.5 Å². The van der Waals surface area contributed by atoms with Crippen LogP contribution in [0, 0.1) is 6.92 Å². The van der Waals surface area contributed by atoms with Gasteiger partial charge in [-0.25, -0.2) is 4.79 Å². The third-order valence-electron chi connectivity index (χ3n) is 2.58. The number of aromatic carboxylic acids is 1. The first-order valence-corrected chi connectivity index (χ1v) is 7.07. The molecular formula is C13H11Br2NO3. The van der Waals surface area contributed by atoms with Crippen LogP contribution in [0.1, 0.15) is 21.9 Å². The zero-order chi connectivity index (χ0) is 14.0. The molecule has 19 heavy (non-hydrogen) atoms. The van der Waals surface area contributed by atoms with Crippen molar-refractivity contribution in [2.24, 2.45) is 0 Å². The van der Waals surface area contributed by atoms with Gasteiger partial charge in [0, 0.05) is 14.6 Å². The van der Waals surface area contributed by atoms with E-state index >= 15 is 0 Å². The lowest BCUT2D eigenvalue weighted by Crippen LogP contribution is -1.99. The quantitative estimate of drug-likeness (QED) is 0.813. The lowest BCUT2D eigenvalue weighted by Gasteiger charge is -2.07. The van der Waals surface area contributed by atoms with Gasteiger partial charge in [0.05, 0.1) is 6.54 Å². The molecule has 1 aromatic heterocycles. The average Bonchev–Trinajstić information content (AvgIpc) is 2.69. The van der Waals surface area contributed by atoms with Crippen LogP contribution in [0.2, 0.25) is 0 Å². The van der Waals surface area contributed by atoms with Crippen molar-refractivity contribution in [1.82, 2.24) is 0 Å². The molecule has 0 spiro atoms. The second-order valence-electron chi connectivity index (χ2n) is 3.97. The van der Waals surface area contributed by atoms with Gasteiger partial charge in [0.25, 0.3) is 0 Å². The van der Waals surface area contributed by atoms with Crippen LogP contribution in [0.5, 0.6) is 0 Å². The third-order valence-corrected chi connectivity index (χ3v) is 3.73. The molecule has 100 valence electrons. The monoisotopic (exact) mass is 387 g/mol. The van der Waals surface area contributed by atoms with E-state index in [2.05, 4.69) is 37.2 Å². The van der Waals surface area contributed by atoms with Crippen LogP contribution >= 0.6 is 31.9 Å². The topological polar surface area (TPSA) is 62.5 Å². The lowest BCUT2D eigenvalue weighted by atomic mass is 10.2. The number of aryl methyl sites for hydroxylation is 1. The molecule has 0 amide bonds. The summed E-state index contributed by atoms with van der Waals surface area (Å²) in [5.74, 6) is 0.0289. The van der Waals surface area contributed by atoms with Crippen LogP contribution in [-0.4, -0.2) is 11.1 Å². The van der Waals surface area contributed by atoms with Gasteiger partial charge in [-0.1, -0.05) is 15.9 Å². The molecule has 4 nitrogen and oxygen atoms in total. The minimum absolute atomic E-state index is 0.201. The molecule has 2 rings (SSSR count). The van der Waals surface area contributed by atoms with E-state index in [0.717, 1.165) is 14.6 Å². The van der Waals surface area contributed by atoms with Crippen molar-refractivity contribution in [3.63, 3.8) is 0 Å². The Balaban J connectivity index is 2.10. The maximum atomic E-state index is 10.9. The summed E-state index contributed by atoms with van der Waals surface area (Å²) in [6.07, 6.45) is 0. The molecule has 0 unspecified atom stereocenters. The van der Waals surface area contributed by atoms with E-state index < -0.39 is 5.97 Å². The Morgan fingerprint density at radius 3 is 2.68 bits per heavy atom. The predicted octanol–water partition coefficient (Wildman–Crippen LogP) is 4.42. The fourth-order valence-corrected chi connectivity index (χ4v) is 2.85. The molecule has 0 bridgehead atoms. The normalized spacial score (nSPS) is 10.5. The van der Waals surface area contributed by atoms with Gasteiger partial charge < -0.3 is 14.8 Å². The van der Waals surface area contributed by atoms with Crippen molar-refractivity contribution in [3.8, 4) is 0 Å². The zero-order valence-corrected chi connectivity index (χ0v) is 13.2. The highest BCUT2D eigenvalue weighted by molar-refractivity contribution is 9.11.